The number of halogens is 2. The van der Waals surface area contributed by atoms with Crippen molar-refractivity contribution in [2.24, 2.45) is 0 Å². The molecule has 4 nitrogen and oxygen atoms in total. The average Bonchev–Trinajstić information content (AvgIpc) is 2.43. The minimum Gasteiger partial charge on any atom is -0.481 e. The summed E-state index contributed by atoms with van der Waals surface area (Å²) in [6.45, 7) is 1.34. The average molecular weight is 319 g/mol. The molecular formula is C14H20Cl2N2O2. The number of anilines is 2. The molecule has 0 aromatic heterocycles. The number of nitrogens with one attached hydrogen (secondary N) is 2. The molecule has 0 radical (unpaired) electrons. The van der Waals surface area contributed by atoms with Crippen LogP contribution in [0.3, 0.4) is 0 Å². The monoisotopic (exact) mass is 318 g/mol. The number of para-hydroxylation sites is 1. The van der Waals surface area contributed by atoms with Crippen LogP contribution in [0, 0.1) is 0 Å². The van der Waals surface area contributed by atoms with Crippen molar-refractivity contribution in [3.05, 3.63) is 23.8 Å². The van der Waals surface area contributed by atoms with Crippen LogP contribution < -0.4 is 10.6 Å². The van der Waals surface area contributed by atoms with Crippen LogP contribution in [0.4, 0.5) is 11.4 Å². The first-order valence-electron chi connectivity index (χ1n) is 6.62. The number of carboxylic acid groups (broad SMARTS) is 1. The van der Waals surface area contributed by atoms with E-state index in [-0.39, 0.29) is 6.42 Å². The number of rotatable bonds is 10. The summed E-state index contributed by atoms with van der Waals surface area (Å²) in [5.74, 6) is 0.271. The van der Waals surface area contributed by atoms with Gasteiger partial charge in [0.25, 0.3) is 0 Å². The maximum absolute atomic E-state index is 10.6. The second-order valence-corrected chi connectivity index (χ2v) is 5.07. The summed E-state index contributed by atoms with van der Waals surface area (Å²) < 4.78 is 0. The van der Waals surface area contributed by atoms with E-state index in [4.69, 9.17) is 28.3 Å². The molecule has 0 aliphatic heterocycles. The lowest BCUT2D eigenvalue weighted by atomic mass is 10.0. The first-order valence-corrected chi connectivity index (χ1v) is 7.69. The fourth-order valence-electron chi connectivity index (χ4n) is 1.95. The molecule has 1 aromatic carbocycles. The van der Waals surface area contributed by atoms with Crippen LogP contribution in [-0.4, -0.2) is 35.9 Å². The van der Waals surface area contributed by atoms with Crippen LogP contribution in [0.5, 0.6) is 0 Å². The van der Waals surface area contributed by atoms with E-state index in [2.05, 4.69) is 10.6 Å². The topological polar surface area (TPSA) is 61.4 Å². The highest BCUT2D eigenvalue weighted by molar-refractivity contribution is 6.18. The van der Waals surface area contributed by atoms with Gasteiger partial charge in [-0.2, -0.15) is 0 Å². The smallest absolute Gasteiger partial charge is 0.303 e. The van der Waals surface area contributed by atoms with Crippen LogP contribution >= 0.6 is 23.2 Å². The van der Waals surface area contributed by atoms with Crippen molar-refractivity contribution in [3.8, 4) is 0 Å². The maximum Gasteiger partial charge on any atom is 0.303 e. The lowest BCUT2D eigenvalue weighted by molar-refractivity contribution is -0.137. The number of hydrogen-bond acceptors (Lipinski definition) is 3. The van der Waals surface area contributed by atoms with Crippen molar-refractivity contribution < 1.29 is 9.90 Å². The zero-order valence-electron chi connectivity index (χ0n) is 11.3. The van der Waals surface area contributed by atoms with Gasteiger partial charge in [0.2, 0.25) is 0 Å². The fourth-order valence-corrected chi connectivity index (χ4v) is 2.14. The van der Waals surface area contributed by atoms with E-state index in [1.807, 2.05) is 18.2 Å². The Bertz CT molecular complexity index is 428. The third-order valence-electron chi connectivity index (χ3n) is 2.79. The van der Waals surface area contributed by atoms with Crippen molar-refractivity contribution in [1.82, 2.24) is 0 Å². The van der Waals surface area contributed by atoms with E-state index in [0.717, 1.165) is 16.9 Å². The van der Waals surface area contributed by atoms with Crippen LogP contribution in [-0.2, 0) is 11.2 Å². The van der Waals surface area contributed by atoms with Crippen molar-refractivity contribution in [2.45, 2.75) is 19.3 Å². The fraction of sp³-hybridized carbons (Fsp3) is 0.500. The van der Waals surface area contributed by atoms with Gasteiger partial charge < -0.3 is 15.7 Å². The number of benzene rings is 1. The molecule has 0 bridgehead atoms. The third-order valence-corrected chi connectivity index (χ3v) is 3.17. The highest BCUT2D eigenvalue weighted by Gasteiger charge is 2.08. The van der Waals surface area contributed by atoms with Gasteiger partial charge in [0.05, 0.1) is 11.4 Å². The molecule has 0 saturated heterocycles. The van der Waals surface area contributed by atoms with E-state index in [1.165, 1.54) is 0 Å². The van der Waals surface area contributed by atoms with Gasteiger partial charge in [0.1, 0.15) is 0 Å². The minimum absolute atomic E-state index is 0.175. The maximum atomic E-state index is 10.6. The minimum atomic E-state index is -0.767. The summed E-state index contributed by atoms with van der Waals surface area (Å²) in [5.41, 5.74) is 3.06. The Morgan fingerprint density at radius 1 is 1.15 bits per heavy atom. The first kappa shape index (κ1) is 16.9. The zero-order valence-corrected chi connectivity index (χ0v) is 12.8. The lowest BCUT2D eigenvalue weighted by Gasteiger charge is -2.17. The Kier molecular flexibility index (Phi) is 8.23. The summed E-state index contributed by atoms with van der Waals surface area (Å²) in [7, 11) is 0. The first-order chi connectivity index (χ1) is 9.69. The van der Waals surface area contributed by atoms with E-state index < -0.39 is 5.97 Å². The second-order valence-electron chi connectivity index (χ2n) is 4.32. The van der Waals surface area contributed by atoms with E-state index in [1.54, 1.807) is 0 Å². The Labute approximate surface area is 129 Å². The quantitative estimate of drug-likeness (QED) is 0.579. The van der Waals surface area contributed by atoms with Crippen molar-refractivity contribution in [3.63, 3.8) is 0 Å². The highest BCUT2D eigenvalue weighted by Crippen LogP contribution is 2.27. The molecule has 0 fully saturated rings. The number of carboxylic acids is 1. The van der Waals surface area contributed by atoms with E-state index in [9.17, 15) is 4.79 Å². The predicted octanol–water partition coefficient (Wildman–Crippen LogP) is 3.40. The number of alkyl halides is 2. The molecule has 0 saturated carbocycles. The van der Waals surface area contributed by atoms with Crippen molar-refractivity contribution in [1.29, 1.82) is 0 Å². The molecular weight excluding hydrogens is 299 g/mol. The molecule has 1 aromatic rings. The van der Waals surface area contributed by atoms with Gasteiger partial charge in [-0.15, -0.1) is 23.2 Å². The Balaban J connectivity index is 2.80. The molecule has 0 amide bonds. The van der Waals surface area contributed by atoms with Crippen LogP contribution in [0.25, 0.3) is 0 Å². The van der Waals surface area contributed by atoms with Gasteiger partial charge in [-0.1, -0.05) is 12.1 Å². The molecule has 3 N–H and O–H groups in total. The molecule has 0 aliphatic carbocycles. The summed E-state index contributed by atoms with van der Waals surface area (Å²) >= 11 is 11.4. The largest absolute Gasteiger partial charge is 0.481 e. The molecule has 0 atom stereocenters. The second kappa shape index (κ2) is 9.72. The SMILES string of the molecule is O=C(O)CCCc1cccc(NCCCl)c1NCCCl. The van der Waals surface area contributed by atoms with Gasteiger partial charge in [0.15, 0.2) is 0 Å². The third kappa shape index (κ3) is 5.88. The molecule has 6 heteroatoms. The normalized spacial score (nSPS) is 10.3. The van der Waals surface area contributed by atoms with Crippen molar-refractivity contribution in [2.75, 3.05) is 35.5 Å². The van der Waals surface area contributed by atoms with Gasteiger partial charge in [-0.3, -0.25) is 4.79 Å². The summed E-state index contributed by atoms with van der Waals surface area (Å²) in [4.78, 5) is 10.6. The van der Waals surface area contributed by atoms with E-state index in [0.29, 0.717) is 37.7 Å². The molecule has 112 valence electrons. The summed E-state index contributed by atoms with van der Waals surface area (Å²) in [5, 5.41) is 15.3. The number of carbonyl (C=O) groups is 1. The lowest BCUT2D eigenvalue weighted by Crippen LogP contribution is -2.11. The Hall–Kier alpha value is -1.13. The van der Waals surface area contributed by atoms with E-state index >= 15 is 0 Å². The standard InChI is InChI=1S/C14H20Cl2N2O2/c15-7-9-17-12-5-1-3-11(4-2-6-13(19)20)14(12)18-10-8-16/h1,3,5,17-18H,2,4,6-10H2,(H,19,20). The number of hydrogen-bond donors (Lipinski definition) is 3. The molecule has 0 heterocycles. The Morgan fingerprint density at radius 2 is 1.85 bits per heavy atom. The Morgan fingerprint density at radius 3 is 2.50 bits per heavy atom. The molecule has 20 heavy (non-hydrogen) atoms. The van der Waals surface area contributed by atoms with Gasteiger partial charge >= 0.3 is 5.97 Å². The summed E-state index contributed by atoms with van der Waals surface area (Å²) in [6, 6.07) is 5.94. The van der Waals surface area contributed by atoms with Gasteiger partial charge in [0, 0.05) is 31.3 Å². The van der Waals surface area contributed by atoms with Crippen LogP contribution in [0.1, 0.15) is 18.4 Å². The van der Waals surface area contributed by atoms with Crippen LogP contribution in [0.2, 0.25) is 0 Å². The highest BCUT2D eigenvalue weighted by atomic mass is 35.5. The van der Waals surface area contributed by atoms with Crippen molar-refractivity contribution >= 4 is 40.5 Å². The number of aryl methyl sites for hydroxylation is 1. The van der Waals surface area contributed by atoms with Gasteiger partial charge in [-0.25, -0.2) is 0 Å². The molecule has 0 unspecified atom stereocenters. The summed E-state index contributed by atoms with van der Waals surface area (Å²) in [6.07, 6.45) is 1.51. The number of aliphatic carboxylic acids is 1. The molecule has 0 spiro atoms. The van der Waals surface area contributed by atoms with Crippen LogP contribution in [0.15, 0.2) is 18.2 Å². The van der Waals surface area contributed by atoms with Gasteiger partial charge in [-0.05, 0) is 24.5 Å². The molecule has 0 aliphatic rings. The molecule has 1 rings (SSSR count). The predicted molar refractivity (Wildman–Crippen MR) is 85.4 cm³/mol. The zero-order chi connectivity index (χ0) is 14.8.